The van der Waals surface area contributed by atoms with Crippen LogP contribution in [-0.2, 0) is 9.59 Å². The fraction of sp³-hybridized carbons (Fsp3) is 0.444. The van der Waals surface area contributed by atoms with Crippen LogP contribution in [0.3, 0.4) is 0 Å². The Morgan fingerprint density at radius 3 is 2.62 bits per heavy atom. The van der Waals surface area contributed by atoms with Gasteiger partial charge in [0.15, 0.2) is 0 Å². The molecular formula is C18H20FN3O4. The first-order valence-corrected chi connectivity index (χ1v) is 8.56. The van der Waals surface area contributed by atoms with Crippen LogP contribution >= 0.6 is 0 Å². The number of carbonyl (C=O) groups excluding carboxylic acids is 1. The molecule has 0 bridgehead atoms. The highest BCUT2D eigenvalue weighted by Crippen LogP contribution is 2.29. The normalized spacial score (nSPS) is 21.2. The summed E-state index contributed by atoms with van der Waals surface area (Å²) in [5.41, 5.74) is 0.491. The molecule has 26 heavy (non-hydrogen) atoms. The summed E-state index contributed by atoms with van der Waals surface area (Å²) < 4.78 is 18.5. The lowest BCUT2D eigenvalue weighted by atomic mass is 9.81. The highest BCUT2D eigenvalue weighted by Gasteiger charge is 2.30. The van der Waals surface area contributed by atoms with E-state index in [1.54, 1.807) is 19.1 Å². The van der Waals surface area contributed by atoms with Gasteiger partial charge in [-0.25, -0.2) is 4.39 Å². The first-order chi connectivity index (χ1) is 12.4. The number of rotatable bonds is 5. The zero-order valence-electron chi connectivity index (χ0n) is 14.3. The Balaban J connectivity index is 1.59. The molecule has 0 spiro atoms. The number of nitrogens with one attached hydrogen (secondary N) is 1. The van der Waals surface area contributed by atoms with Gasteiger partial charge in [0.2, 0.25) is 17.6 Å². The summed E-state index contributed by atoms with van der Waals surface area (Å²) >= 11 is 0. The van der Waals surface area contributed by atoms with E-state index in [0.29, 0.717) is 31.2 Å². The van der Waals surface area contributed by atoms with E-state index in [9.17, 15) is 14.0 Å². The molecule has 0 radical (unpaired) electrons. The monoisotopic (exact) mass is 361 g/mol. The van der Waals surface area contributed by atoms with Crippen molar-refractivity contribution in [3.8, 4) is 11.4 Å². The number of nitrogens with zero attached hydrogens (tertiary/aromatic N) is 2. The maximum absolute atomic E-state index is 13.3. The summed E-state index contributed by atoms with van der Waals surface area (Å²) in [4.78, 5) is 27.6. The zero-order valence-corrected chi connectivity index (χ0v) is 14.3. The maximum atomic E-state index is 13.3. The van der Waals surface area contributed by atoms with Crippen molar-refractivity contribution in [1.82, 2.24) is 15.5 Å². The number of carbonyl (C=O) groups is 2. The molecule has 1 heterocycles. The highest BCUT2D eigenvalue weighted by molar-refractivity contribution is 5.79. The number of carboxylic acids is 1. The molecule has 3 rings (SSSR count). The number of halogens is 1. The third-order valence-corrected chi connectivity index (χ3v) is 4.70. The fourth-order valence-electron chi connectivity index (χ4n) is 3.15. The van der Waals surface area contributed by atoms with Gasteiger partial charge in [-0.3, -0.25) is 9.59 Å². The third kappa shape index (κ3) is 4.07. The number of carboxylic acid groups (broad SMARTS) is 1. The number of aromatic nitrogens is 2. The van der Waals surface area contributed by atoms with E-state index in [-0.39, 0.29) is 29.5 Å². The van der Waals surface area contributed by atoms with E-state index in [2.05, 4.69) is 15.5 Å². The van der Waals surface area contributed by atoms with Crippen molar-refractivity contribution < 1.29 is 23.6 Å². The molecule has 1 unspecified atom stereocenters. The van der Waals surface area contributed by atoms with Crippen LogP contribution in [0.25, 0.3) is 11.4 Å². The average Bonchev–Trinajstić information content (AvgIpc) is 3.12. The molecule has 0 aliphatic heterocycles. The van der Waals surface area contributed by atoms with Crippen LogP contribution in [0.2, 0.25) is 0 Å². The Bertz CT molecular complexity index is 799. The number of amides is 1. The van der Waals surface area contributed by atoms with Crippen LogP contribution in [0, 0.1) is 17.7 Å². The second kappa shape index (κ2) is 7.63. The second-order valence-corrected chi connectivity index (χ2v) is 6.58. The predicted octanol–water partition coefficient (Wildman–Crippen LogP) is 2.94. The highest BCUT2D eigenvalue weighted by atomic mass is 19.1. The van der Waals surface area contributed by atoms with E-state index < -0.39 is 17.8 Å². The van der Waals surface area contributed by atoms with E-state index in [1.165, 1.54) is 12.1 Å². The van der Waals surface area contributed by atoms with Crippen molar-refractivity contribution in [1.29, 1.82) is 0 Å². The van der Waals surface area contributed by atoms with Crippen LogP contribution < -0.4 is 5.32 Å². The van der Waals surface area contributed by atoms with E-state index in [0.717, 1.165) is 0 Å². The van der Waals surface area contributed by atoms with Gasteiger partial charge in [-0.1, -0.05) is 17.3 Å². The fourth-order valence-corrected chi connectivity index (χ4v) is 3.15. The largest absolute Gasteiger partial charge is 0.481 e. The SMILES string of the molecule is CC(NC(=O)C1CCC(C(=O)O)CC1)c1nc(-c2cccc(F)c2)no1. The Hall–Kier alpha value is -2.77. The van der Waals surface area contributed by atoms with Gasteiger partial charge in [0, 0.05) is 11.5 Å². The van der Waals surface area contributed by atoms with Gasteiger partial charge in [-0.2, -0.15) is 4.98 Å². The molecule has 1 saturated carbocycles. The molecule has 1 aromatic heterocycles. The van der Waals surface area contributed by atoms with Crippen LogP contribution in [0.1, 0.15) is 44.5 Å². The molecule has 2 aromatic rings. The molecule has 0 saturated heterocycles. The average molecular weight is 361 g/mol. The first-order valence-electron chi connectivity index (χ1n) is 8.56. The van der Waals surface area contributed by atoms with Crippen molar-refractivity contribution in [2.75, 3.05) is 0 Å². The van der Waals surface area contributed by atoms with Crippen LogP contribution in [-0.4, -0.2) is 27.1 Å². The van der Waals surface area contributed by atoms with E-state index >= 15 is 0 Å². The molecule has 1 atom stereocenters. The second-order valence-electron chi connectivity index (χ2n) is 6.58. The summed E-state index contributed by atoms with van der Waals surface area (Å²) in [7, 11) is 0. The number of benzene rings is 1. The minimum atomic E-state index is -0.798. The zero-order chi connectivity index (χ0) is 18.7. The van der Waals surface area contributed by atoms with Gasteiger partial charge in [0.25, 0.3) is 0 Å². The number of hydrogen-bond donors (Lipinski definition) is 2. The molecule has 2 N–H and O–H groups in total. The molecule has 1 aromatic carbocycles. The van der Waals surface area contributed by atoms with Gasteiger partial charge in [-0.05, 0) is 44.7 Å². The van der Waals surface area contributed by atoms with Gasteiger partial charge in [-0.15, -0.1) is 0 Å². The summed E-state index contributed by atoms with van der Waals surface area (Å²) in [5.74, 6) is -1.42. The van der Waals surface area contributed by atoms with Crippen LogP contribution in [0.15, 0.2) is 28.8 Å². The van der Waals surface area contributed by atoms with E-state index in [1.807, 2.05) is 0 Å². The van der Waals surface area contributed by atoms with Crippen molar-refractivity contribution in [2.45, 2.75) is 38.6 Å². The van der Waals surface area contributed by atoms with Gasteiger partial charge < -0.3 is 14.9 Å². The quantitative estimate of drug-likeness (QED) is 0.848. The Kier molecular flexibility index (Phi) is 5.29. The van der Waals surface area contributed by atoms with Gasteiger partial charge in [0.05, 0.1) is 5.92 Å². The van der Waals surface area contributed by atoms with Crippen molar-refractivity contribution in [3.05, 3.63) is 36.0 Å². The molecule has 1 fully saturated rings. The summed E-state index contributed by atoms with van der Waals surface area (Å²) in [6.45, 7) is 1.73. The lowest BCUT2D eigenvalue weighted by molar-refractivity contribution is -0.144. The van der Waals surface area contributed by atoms with Crippen LogP contribution in [0.5, 0.6) is 0 Å². The Labute approximate surface area is 149 Å². The molecule has 1 aliphatic carbocycles. The summed E-state index contributed by atoms with van der Waals surface area (Å²) in [6, 6.07) is 5.36. The molecular weight excluding hydrogens is 341 g/mol. The lowest BCUT2D eigenvalue weighted by Crippen LogP contribution is -2.35. The molecule has 138 valence electrons. The Morgan fingerprint density at radius 2 is 1.96 bits per heavy atom. The molecule has 7 nitrogen and oxygen atoms in total. The molecule has 1 aliphatic rings. The van der Waals surface area contributed by atoms with Crippen LogP contribution in [0.4, 0.5) is 4.39 Å². The van der Waals surface area contributed by atoms with Crippen molar-refractivity contribution in [2.24, 2.45) is 11.8 Å². The van der Waals surface area contributed by atoms with Gasteiger partial charge >= 0.3 is 5.97 Å². The van der Waals surface area contributed by atoms with Crippen molar-refractivity contribution in [3.63, 3.8) is 0 Å². The number of hydrogen-bond acceptors (Lipinski definition) is 5. The molecule has 8 heteroatoms. The van der Waals surface area contributed by atoms with Gasteiger partial charge in [0.1, 0.15) is 11.9 Å². The molecule has 1 amide bonds. The van der Waals surface area contributed by atoms with Crippen molar-refractivity contribution >= 4 is 11.9 Å². The Morgan fingerprint density at radius 1 is 1.27 bits per heavy atom. The summed E-state index contributed by atoms with van der Waals surface area (Å²) in [5, 5.41) is 15.7. The summed E-state index contributed by atoms with van der Waals surface area (Å²) in [6.07, 6.45) is 2.11. The minimum absolute atomic E-state index is 0.146. The maximum Gasteiger partial charge on any atom is 0.306 e. The standard InChI is InChI=1S/C18H20FN3O4/c1-10(20-16(23)11-5-7-12(8-6-11)18(24)25)17-21-15(22-26-17)13-3-2-4-14(19)9-13/h2-4,9-12H,5-8H2,1H3,(H,20,23)(H,24,25). The third-order valence-electron chi connectivity index (χ3n) is 4.70. The predicted molar refractivity (Wildman–Crippen MR) is 89.3 cm³/mol. The topological polar surface area (TPSA) is 105 Å². The minimum Gasteiger partial charge on any atom is -0.481 e. The van der Waals surface area contributed by atoms with E-state index in [4.69, 9.17) is 9.63 Å². The first kappa shape index (κ1) is 18.0. The smallest absolute Gasteiger partial charge is 0.306 e. The lowest BCUT2D eigenvalue weighted by Gasteiger charge is -2.25. The number of aliphatic carboxylic acids is 1.